The van der Waals surface area contributed by atoms with Crippen molar-refractivity contribution >= 4 is 39.5 Å². The summed E-state index contributed by atoms with van der Waals surface area (Å²) in [4.78, 5) is 72.7. The van der Waals surface area contributed by atoms with E-state index in [1.54, 1.807) is 0 Å². The summed E-state index contributed by atoms with van der Waals surface area (Å²) >= 11 is 0. The van der Waals surface area contributed by atoms with E-state index in [2.05, 4.69) is 41.5 Å². The van der Waals surface area contributed by atoms with Crippen LogP contribution >= 0.6 is 15.6 Å². The number of rotatable bonds is 73. The second kappa shape index (κ2) is 66.0. The van der Waals surface area contributed by atoms with Gasteiger partial charge in [0.1, 0.15) is 19.3 Å². The van der Waals surface area contributed by atoms with E-state index in [1.165, 1.54) is 199 Å². The van der Waals surface area contributed by atoms with Gasteiger partial charge in [-0.05, 0) is 37.5 Å². The average molecular weight is 1370 g/mol. The molecule has 0 aliphatic heterocycles. The van der Waals surface area contributed by atoms with E-state index in [-0.39, 0.29) is 25.7 Å². The normalized spacial score (nSPS) is 14.1. The van der Waals surface area contributed by atoms with Crippen LogP contribution in [0, 0.1) is 11.8 Å². The Balaban J connectivity index is 5.24. The Bertz CT molecular complexity index is 1800. The smallest absolute Gasteiger partial charge is 0.462 e. The molecule has 0 aliphatic rings. The first kappa shape index (κ1) is 91.1. The van der Waals surface area contributed by atoms with E-state index in [4.69, 9.17) is 37.0 Å². The number of hydrogen-bond donors (Lipinski definition) is 3. The highest BCUT2D eigenvalue weighted by atomic mass is 31.2. The number of esters is 4. The van der Waals surface area contributed by atoms with Gasteiger partial charge in [-0.2, -0.15) is 0 Å². The number of phosphoric acid groups is 2. The predicted molar refractivity (Wildman–Crippen MR) is 377 cm³/mol. The molecule has 0 spiro atoms. The summed E-state index contributed by atoms with van der Waals surface area (Å²) in [5, 5.41) is 10.6. The molecule has 0 amide bonds. The molecule has 5 atom stereocenters. The number of ether oxygens (including phenoxy) is 4. The molecule has 0 bridgehead atoms. The third-order valence-corrected chi connectivity index (χ3v) is 19.1. The molecule has 0 saturated carbocycles. The molecule has 0 aromatic carbocycles. The van der Waals surface area contributed by atoms with Gasteiger partial charge in [-0.1, -0.05) is 330 Å². The summed E-state index contributed by atoms with van der Waals surface area (Å²) in [7, 11) is -9.91. The fraction of sp³-hybridized carbons (Fsp3) is 0.946. The van der Waals surface area contributed by atoms with Crippen molar-refractivity contribution in [2.24, 2.45) is 11.8 Å². The van der Waals surface area contributed by atoms with Crippen LogP contribution in [0.5, 0.6) is 0 Å². The summed E-state index contributed by atoms with van der Waals surface area (Å²) in [6.45, 7) is 9.58. The molecule has 0 rings (SSSR count). The summed E-state index contributed by atoms with van der Waals surface area (Å²) in [6.07, 6.45) is 52.6. The van der Waals surface area contributed by atoms with Crippen molar-refractivity contribution in [2.45, 2.75) is 400 Å². The van der Waals surface area contributed by atoms with Gasteiger partial charge >= 0.3 is 39.5 Å². The van der Waals surface area contributed by atoms with E-state index in [1.807, 2.05) is 0 Å². The van der Waals surface area contributed by atoms with Gasteiger partial charge in [0, 0.05) is 25.7 Å². The first-order chi connectivity index (χ1) is 44.9. The van der Waals surface area contributed by atoms with Crippen LogP contribution in [0.1, 0.15) is 382 Å². The molecule has 552 valence electrons. The molecule has 2 unspecified atom stereocenters. The van der Waals surface area contributed by atoms with Crippen LogP contribution in [0.4, 0.5) is 0 Å². The lowest BCUT2D eigenvalue weighted by atomic mass is 10.0. The second-order valence-electron chi connectivity index (χ2n) is 27.6. The van der Waals surface area contributed by atoms with Crippen LogP contribution in [0.2, 0.25) is 0 Å². The topological polar surface area (TPSA) is 237 Å². The predicted octanol–water partition coefficient (Wildman–Crippen LogP) is 21.6. The third-order valence-electron chi connectivity index (χ3n) is 17.2. The van der Waals surface area contributed by atoms with Gasteiger partial charge in [0.15, 0.2) is 12.2 Å². The zero-order valence-corrected chi connectivity index (χ0v) is 62.3. The Morgan fingerprint density at radius 3 is 0.731 bits per heavy atom. The van der Waals surface area contributed by atoms with E-state index in [0.717, 1.165) is 102 Å². The number of aliphatic hydroxyl groups is 1. The summed E-state index contributed by atoms with van der Waals surface area (Å²) in [6, 6.07) is 0. The van der Waals surface area contributed by atoms with Crippen molar-refractivity contribution in [3.05, 3.63) is 0 Å². The van der Waals surface area contributed by atoms with Crippen molar-refractivity contribution in [3.63, 3.8) is 0 Å². The van der Waals surface area contributed by atoms with Gasteiger partial charge in [-0.15, -0.1) is 0 Å². The van der Waals surface area contributed by atoms with Crippen LogP contribution in [-0.2, 0) is 65.4 Å². The van der Waals surface area contributed by atoms with Gasteiger partial charge in [0.05, 0.1) is 26.4 Å². The minimum atomic E-state index is -4.96. The average Bonchev–Trinajstić information content (AvgIpc) is 1.75. The molecule has 0 radical (unpaired) electrons. The maximum absolute atomic E-state index is 13.1. The zero-order valence-electron chi connectivity index (χ0n) is 60.6. The SMILES string of the molecule is CCCCCCCCCCCCCCCCCC(=O)OC[C@H](COP(=O)(O)OC[C@@H](O)COP(=O)(O)OC[C@@H](COC(=O)CCCCCCCCCCC)OC(=O)CCCCCCCCCCCCC(C)C)OC(=O)CCCCCCCCCCCCCCCC(C)C. The number of carbonyl (C=O) groups is 4. The maximum Gasteiger partial charge on any atom is 0.472 e. The lowest BCUT2D eigenvalue weighted by molar-refractivity contribution is -0.161. The number of aliphatic hydroxyl groups excluding tert-OH is 1. The third kappa shape index (κ3) is 68.4. The Hall–Kier alpha value is -1.94. The monoisotopic (exact) mass is 1370 g/mol. The van der Waals surface area contributed by atoms with Crippen molar-refractivity contribution in [1.29, 1.82) is 0 Å². The van der Waals surface area contributed by atoms with Crippen molar-refractivity contribution < 1.29 is 80.2 Å². The molecule has 93 heavy (non-hydrogen) atoms. The molecule has 3 N–H and O–H groups in total. The number of hydrogen-bond acceptors (Lipinski definition) is 15. The first-order valence-corrected chi connectivity index (χ1v) is 41.5. The van der Waals surface area contributed by atoms with Gasteiger partial charge in [-0.3, -0.25) is 37.3 Å². The molecular formula is C74H144O17P2. The van der Waals surface area contributed by atoms with Crippen molar-refractivity contribution in [3.8, 4) is 0 Å². The Labute approximate surface area is 568 Å². The van der Waals surface area contributed by atoms with Gasteiger partial charge in [0.25, 0.3) is 0 Å². The van der Waals surface area contributed by atoms with Crippen LogP contribution < -0.4 is 0 Å². The molecule has 0 aromatic heterocycles. The van der Waals surface area contributed by atoms with Gasteiger partial charge < -0.3 is 33.8 Å². The molecule has 0 saturated heterocycles. The summed E-state index contributed by atoms with van der Waals surface area (Å²) in [5.41, 5.74) is 0. The number of phosphoric ester groups is 2. The fourth-order valence-electron chi connectivity index (χ4n) is 11.3. The first-order valence-electron chi connectivity index (χ1n) is 38.5. The van der Waals surface area contributed by atoms with E-state index in [9.17, 15) is 43.2 Å². The quantitative estimate of drug-likeness (QED) is 0.0222. The minimum Gasteiger partial charge on any atom is -0.462 e. The van der Waals surface area contributed by atoms with Gasteiger partial charge in [0.2, 0.25) is 0 Å². The second-order valence-corrected chi connectivity index (χ2v) is 30.5. The van der Waals surface area contributed by atoms with Crippen LogP contribution in [0.25, 0.3) is 0 Å². The number of unbranched alkanes of at least 4 members (excludes halogenated alkanes) is 43. The molecule has 17 nitrogen and oxygen atoms in total. The Morgan fingerprint density at radius 2 is 0.495 bits per heavy atom. The molecule has 19 heteroatoms. The lowest BCUT2D eigenvalue weighted by Gasteiger charge is -2.21. The largest absolute Gasteiger partial charge is 0.472 e. The van der Waals surface area contributed by atoms with Gasteiger partial charge in [-0.25, -0.2) is 9.13 Å². The molecule has 0 heterocycles. The molecular weight excluding hydrogens is 1220 g/mol. The van der Waals surface area contributed by atoms with E-state index in [0.29, 0.717) is 25.7 Å². The van der Waals surface area contributed by atoms with Crippen LogP contribution in [0.15, 0.2) is 0 Å². The highest BCUT2D eigenvalue weighted by Gasteiger charge is 2.30. The van der Waals surface area contributed by atoms with E-state index >= 15 is 0 Å². The lowest BCUT2D eigenvalue weighted by Crippen LogP contribution is -2.30. The summed E-state index contributed by atoms with van der Waals surface area (Å²) < 4.78 is 68.4. The van der Waals surface area contributed by atoms with Crippen molar-refractivity contribution in [2.75, 3.05) is 39.6 Å². The van der Waals surface area contributed by atoms with Crippen LogP contribution in [0.3, 0.4) is 0 Å². The maximum atomic E-state index is 13.1. The van der Waals surface area contributed by atoms with Crippen LogP contribution in [-0.4, -0.2) is 96.7 Å². The molecule has 0 fully saturated rings. The van der Waals surface area contributed by atoms with Crippen molar-refractivity contribution in [1.82, 2.24) is 0 Å². The highest BCUT2D eigenvalue weighted by Crippen LogP contribution is 2.45. The Morgan fingerprint density at radius 1 is 0.290 bits per heavy atom. The molecule has 0 aliphatic carbocycles. The fourth-order valence-corrected chi connectivity index (χ4v) is 12.9. The Kier molecular flexibility index (Phi) is 64.6. The van der Waals surface area contributed by atoms with E-state index < -0.39 is 97.5 Å². The number of carbonyl (C=O) groups excluding carboxylic acids is 4. The standard InChI is InChI=1S/C74H144O17P2/c1-7-9-11-13-15-17-18-19-20-23-26-33-39-45-51-57-72(77)85-63-70(90-73(78)58-52-46-40-34-27-24-21-22-25-31-36-42-48-54-66(3)4)65-89-93(82,83)87-61-68(75)60-86-92(80,81)88-64-69(62-84-71(76)56-50-44-38-30-16-14-12-10-8-2)91-74(79)59-53-47-41-35-29-28-32-37-43-49-55-67(5)6/h66-70,75H,7-65H2,1-6H3,(H,80,81)(H,82,83)/t68-,69+,70+/m0/s1. The minimum absolute atomic E-state index is 0.106. The summed E-state index contributed by atoms with van der Waals surface area (Å²) in [5.74, 6) is -0.579. The highest BCUT2D eigenvalue weighted by molar-refractivity contribution is 7.47. The molecule has 0 aromatic rings. The zero-order chi connectivity index (χ0) is 68.6.